The van der Waals surface area contributed by atoms with Gasteiger partial charge in [-0.1, -0.05) is 12.1 Å². The fourth-order valence-electron chi connectivity index (χ4n) is 4.14. The number of ether oxygens (including phenoxy) is 1. The summed E-state index contributed by atoms with van der Waals surface area (Å²) in [5, 5.41) is 2.96. The molecule has 1 aromatic heterocycles. The van der Waals surface area contributed by atoms with Crippen LogP contribution in [0.25, 0.3) is 11.0 Å². The van der Waals surface area contributed by atoms with E-state index in [1.54, 1.807) is 0 Å². The summed E-state index contributed by atoms with van der Waals surface area (Å²) in [5.74, 6) is 2.14. The minimum atomic E-state index is -0.323. The third-order valence-electron chi connectivity index (χ3n) is 5.81. The first kappa shape index (κ1) is 19.4. The SMILES string of the molecule is Cn1c(C2CCC(CNC(=O)COc3ccc(F)cc3)CC2)nc2ccccc21. The van der Waals surface area contributed by atoms with Crippen LogP contribution < -0.4 is 10.1 Å². The van der Waals surface area contributed by atoms with Crippen molar-refractivity contribution in [3.05, 3.63) is 60.2 Å². The lowest BCUT2D eigenvalue weighted by molar-refractivity contribution is -0.123. The molecule has 0 radical (unpaired) electrons. The highest BCUT2D eigenvalue weighted by Gasteiger charge is 2.26. The molecule has 1 fully saturated rings. The van der Waals surface area contributed by atoms with Gasteiger partial charge in [0.15, 0.2) is 6.61 Å². The van der Waals surface area contributed by atoms with Crippen LogP contribution in [0.5, 0.6) is 5.75 Å². The summed E-state index contributed by atoms with van der Waals surface area (Å²) in [6.45, 7) is 0.613. The number of amides is 1. The van der Waals surface area contributed by atoms with E-state index in [2.05, 4.69) is 29.1 Å². The second kappa shape index (κ2) is 8.64. The fourth-order valence-corrected chi connectivity index (χ4v) is 4.14. The zero-order chi connectivity index (χ0) is 20.2. The topological polar surface area (TPSA) is 56.2 Å². The molecule has 1 aliphatic carbocycles. The van der Waals surface area contributed by atoms with Crippen LogP contribution in [0.3, 0.4) is 0 Å². The fraction of sp³-hybridized carbons (Fsp3) is 0.391. The maximum atomic E-state index is 12.9. The van der Waals surface area contributed by atoms with Crippen molar-refractivity contribution in [1.29, 1.82) is 0 Å². The molecule has 3 aromatic rings. The quantitative estimate of drug-likeness (QED) is 0.681. The van der Waals surface area contributed by atoms with Crippen molar-refractivity contribution in [2.24, 2.45) is 13.0 Å². The van der Waals surface area contributed by atoms with Gasteiger partial charge in [-0.05, 0) is 68.0 Å². The van der Waals surface area contributed by atoms with Crippen molar-refractivity contribution < 1.29 is 13.9 Å². The molecule has 0 bridgehead atoms. The zero-order valence-electron chi connectivity index (χ0n) is 16.6. The number of carbonyl (C=O) groups is 1. The van der Waals surface area contributed by atoms with E-state index < -0.39 is 0 Å². The van der Waals surface area contributed by atoms with Crippen LogP contribution in [-0.4, -0.2) is 28.6 Å². The van der Waals surface area contributed by atoms with E-state index in [1.807, 2.05) is 12.1 Å². The lowest BCUT2D eigenvalue weighted by Crippen LogP contribution is -2.34. The van der Waals surface area contributed by atoms with Crippen LogP contribution >= 0.6 is 0 Å². The summed E-state index contributed by atoms with van der Waals surface area (Å²) in [6.07, 6.45) is 4.33. The van der Waals surface area contributed by atoms with Crippen molar-refractivity contribution in [1.82, 2.24) is 14.9 Å². The maximum absolute atomic E-state index is 12.9. The Balaban J connectivity index is 1.23. The monoisotopic (exact) mass is 395 g/mol. The highest BCUT2D eigenvalue weighted by molar-refractivity contribution is 5.77. The molecule has 4 rings (SSSR count). The summed E-state index contributed by atoms with van der Waals surface area (Å²) in [7, 11) is 2.10. The number of hydrogen-bond donors (Lipinski definition) is 1. The van der Waals surface area contributed by atoms with Crippen LogP contribution in [0.15, 0.2) is 48.5 Å². The highest BCUT2D eigenvalue weighted by atomic mass is 19.1. The van der Waals surface area contributed by atoms with E-state index in [0.29, 0.717) is 24.1 Å². The van der Waals surface area contributed by atoms with Gasteiger partial charge in [0.2, 0.25) is 0 Å². The number of aromatic nitrogens is 2. The Bertz CT molecular complexity index is 975. The van der Waals surface area contributed by atoms with Gasteiger partial charge < -0.3 is 14.6 Å². The van der Waals surface area contributed by atoms with Gasteiger partial charge in [-0.15, -0.1) is 0 Å². The second-order valence-electron chi connectivity index (χ2n) is 7.78. The van der Waals surface area contributed by atoms with E-state index in [1.165, 1.54) is 35.6 Å². The summed E-state index contributed by atoms with van der Waals surface area (Å²) in [6, 6.07) is 13.9. The minimum absolute atomic E-state index is 0.0547. The summed E-state index contributed by atoms with van der Waals surface area (Å²) < 4.78 is 20.5. The Morgan fingerprint density at radius 1 is 1.14 bits per heavy atom. The number of halogens is 1. The predicted molar refractivity (Wildman–Crippen MR) is 110 cm³/mol. The number of fused-ring (bicyclic) bond motifs is 1. The first-order valence-electron chi connectivity index (χ1n) is 10.2. The van der Waals surface area contributed by atoms with Gasteiger partial charge in [0, 0.05) is 19.5 Å². The molecular formula is C23H26FN3O2. The Hall–Kier alpha value is -2.89. The summed E-state index contributed by atoms with van der Waals surface area (Å²) in [4.78, 5) is 16.9. The van der Waals surface area contributed by atoms with E-state index >= 15 is 0 Å². The molecular weight excluding hydrogens is 369 g/mol. The minimum Gasteiger partial charge on any atom is -0.484 e. The Morgan fingerprint density at radius 2 is 1.86 bits per heavy atom. The average Bonchev–Trinajstić information content (AvgIpc) is 3.09. The second-order valence-corrected chi connectivity index (χ2v) is 7.78. The van der Waals surface area contributed by atoms with Crippen molar-refractivity contribution >= 4 is 16.9 Å². The Morgan fingerprint density at radius 3 is 2.59 bits per heavy atom. The van der Waals surface area contributed by atoms with E-state index in [9.17, 15) is 9.18 Å². The molecule has 0 aliphatic heterocycles. The number of nitrogens with one attached hydrogen (secondary N) is 1. The first-order chi connectivity index (χ1) is 14.1. The number of rotatable bonds is 6. The molecule has 0 atom stereocenters. The number of imidazole rings is 1. The molecule has 1 N–H and O–H groups in total. The Labute approximate surface area is 169 Å². The van der Waals surface area contributed by atoms with Gasteiger partial charge in [-0.3, -0.25) is 4.79 Å². The van der Waals surface area contributed by atoms with E-state index in [0.717, 1.165) is 31.2 Å². The molecule has 0 saturated heterocycles. The number of benzene rings is 2. The molecule has 1 amide bonds. The first-order valence-corrected chi connectivity index (χ1v) is 10.2. The van der Waals surface area contributed by atoms with Crippen LogP contribution in [0.2, 0.25) is 0 Å². The summed E-state index contributed by atoms with van der Waals surface area (Å²) in [5.41, 5.74) is 2.23. The summed E-state index contributed by atoms with van der Waals surface area (Å²) >= 11 is 0. The van der Waals surface area contributed by atoms with E-state index in [-0.39, 0.29) is 18.3 Å². The van der Waals surface area contributed by atoms with Gasteiger partial charge in [-0.25, -0.2) is 9.37 Å². The van der Waals surface area contributed by atoms with Crippen LogP contribution in [0, 0.1) is 11.7 Å². The maximum Gasteiger partial charge on any atom is 0.257 e. The highest BCUT2D eigenvalue weighted by Crippen LogP contribution is 2.36. The molecule has 0 unspecified atom stereocenters. The molecule has 152 valence electrons. The van der Waals surface area contributed by atoms with Gasteiger partial charge in [-0.2, -0.15) is 0 Å². The van der Waals surface area contributed by atoms with E-state index in [4.69, 9.17) is 9.72 Å². The standard InChI is InChI=1S/C23H26FN3O2/c1-27-21-5-3-2-4-20(21)26-23(27)17-8-6-16(7-9-17)14-25-22(28)15-29-19-12-10-18(24)11-13-19/h2-5,10-13,16-17H,6-9,14-15H2,1H3,(H,25,28). The number of aryl methyl sites for hydroxylation is 1. The van der Waals surface area contributed by atoms with Gasteiger partial charge >= 0.3 is 0 Å². The Kier molecular flexibility index (Phi) is 5.79. The predicted octanol–water partition coefficient (Wildman–Crippen LogP) is 4.18. The smallest absolute Gasteiger partial charge is 0.257 e. The van der Waals surface area contributed by atoms with Gasteiger partial charge in [0.05, 0.1) is 11.0 Å². The van der Waals surface area contributed by atoms with Crippen LogP contribution in [0.1, 0.15) is 37.4 Å². The number of hydrogen-bond acceptors (Lipinski definition) is 3. The number of nitrogens with zero attached hydrogens (tertiary/aromatic N) is 2. The molecule has 29 heavy (non-hydrogen) atoms. The van der Waals surface area contributed by atoms with Gasteiger partial charge in [0.1, 0.15) is 17.4 Å². The normalized spacial score (nSPS) is 19.2. The molecule has 2 aromatic carbocycles. The lowest BCUT2D eigenvalue weighted by atomic mass is 9.81. The molecule has 1 saturated carbocycles. The molecule has 5 nitrogen and oxygen atoms in total. The lowest BCUT2D eigenvalue weighted by Gasteiger charge is -2.28. The van der Waals surface area contributed by atoms with Crippen LogP contribution in [0.4, 0.5) is 4.39 Å². The zero-order valence-corrected chi connectivity index (χ0v) is 16.6. The van der Waals surface area contributed by atoms with Crippen LogP contribution in [-0.2, 0) is 11.8 Å². The van der Waals surface area contributed by atoms with Crippen molar-refractivity contribution in [2.75, 3.05) is 13.2 Å². The molecule has 6 heteroatoms. The molecule has 0 spiro atoms. The molecule has 1 heterocycles. The third kappa shape index (κ3) is 4.58. The van der Waals surface area contributed by atoms with Crippen molar-refractivity contribution in [3.63, 3.8) is 0 Å². The third-order valence-corrected chi connectivity index (χ3v) is 5.81. The van der Waals surface area contributed by atoms with Crippen molar-refractivity contribution in [3.8, 4) is 5.75 Å². The number of para-hydroxylation sites is 2. The largest absolute Gasteiger partial charge is 0.484 e. The van der Waals surface area contributed by atoms with Gasteiger partial charge in [0.25, 0.3) is 5.91 Å². The van der Waals surface area contributed by atoms with Crippen molar-refractivity contribution in [2.45, 2.75) is 31.6 Å². The molecule has 1 aliphatic rings. The average molecular weight is 395 g/mol. The number of carbonyl (C=O) groups excluding carboxylic acids is 1.